The first-order valence-corrected chi connectivity index (χ1v) is 6.53. The molecule has 0 radical (unpaired) electrons. The number of nitrogens with zero attached hydrogens (tertiary/aromatic N) is 2. The maximum Gasteiger partial charge on any atom is 0.223 e. The minimum absolute atomic E-state index is 0.335. The third kappa shape index (κ3) is 3.63. The Labute approximate surface area is 99.0 Å². The SMILES string of the molecule is Clc1nccc(SC[C@H]2CCCNC2)n1. The van der Waals surface area contributed by atoms with E-state index in [1.165, 1.54) is 19.4 Å². The van der Waals surface area contributed by atoms with Crippen LogP contribution in [0.25, 0.3) is 0 Å². The van der Waals surface area contributed by atoms with E-state index >= 15 is 0 Å². The number of piperidine rings is 1. The fourth-order valence-electron chi connectivity index (χ4n) is 1.67. The van der Waals surface area contributed by atoms with Crippen LogP contribution in [-0.4, -0.2) is 28.8 Å². The van der Waals surface area contributed by atoms with Crippen LogP contribution in [0.3, 0.4) is 0 Å². The summed E-state index contributed by atoms with van der Waals surface area (Å²) in [5.41, 5.74) is 0. The van der Waals surface area contributed by atoms with E-state index in [0.717, 1.165) is 23.2 Å². The highest BCUT2D eigenvalue weighted by Gasteiger charge is 2.13. The molecule has 0 aromatic carbocycles. The molecule has 5 heteroatoms. The molecule has 1 aromatic heterocycles. The van der Waals surface area contributed by atoms with Gasteiger partial charge in [0.15, 0.2) is 0 Å². The summed E-state index contributed by atoms with van der Waals surface area (Å²) in [5, 5.41) is 4.72. The maximum absolute atomic E-state index is 5.72. The van der Waals surface area contributed by atoms with Crippen LogP contribution in [0, 0.1) is 5.92 Å². The first kappa shape index (κ1) is 11.2. The second-order valence-corrected chi connectivity index (χ2v) is 5.07. The summed E-state index contributed by atoms with van der Waals surface area (Å²) < 4.78 is 0. The van der Waals surface area contributed by atoms with Crippen molar-refractivity contribution in [2.45, 2.75) is 17.9 Å². The van der Waals surface area contributed by atoms with Crippen LogP contribution in [0.1, 0.15) is 12.8 Å². The average Bonchev–Trinajstić information content (AvgIpc) is 2.28. The monoisotopic (exact) mass is 243 g/mol. The van der Waals surface area contributed by atoms with Crippen molar-refractivity contribution in [1.29, 1.82) is 0 Å². The first-order chi connectivity index (χ1) is 7.34. The zero-order chi connectivity index (χ0) is 10.5. The number of rotatable bonds is 3. The van der Waals surface area contributed by atoms with Crippen molar-refractivity contribution in [3.8, 4) is 0 Å². The minimum atomic E-state index is 0.335. The number of halogens is 1. The van der Waals surface area contributed by atoms with Gasteiger partial charge in [0.2, 0.25) is 5.28 Å². The molecule has 0 bridgehead atoms. The van der Waals surface area contributed by atoms with Gasteiger partial charge in [-0.1, -0.05) is 0 Å². The van der Waals surface area contributed by atoms with Gasteiger partial charge < -0.3 is 5.32 Å². The maximum atomic E-state index is 5.72. The van der Waals surface area contributed by atoms with E-state index in [4.69, 9.17) is 11.6 Å². The number of aromatic nitrogens is 2. The Hall–Kier alpha value is -0.320. The molecule has 82 valence electrons. The number of thioether (sulfide) groups is 1. The molecule has 1 aromatic rings. The smallest absolute Gasteiger partial charge is 0.223 e. The van der Waals surface area contributed by atoms with Gasteiger partial charge in [-0.25, -0.2) is 9.97 Å². The van der Waals surface area contributed by atoms with E-state index in [9.17, 15) is 0 Å². The highest BCUT2D eigenvalue weighted by Crippen LogP contribution is 2.22. The Morgan fingerprint density at radius 2 is 2.53 bits per heavy atom. The molecule has 2 rings (SSSR count). The van der Waals surface area contributed by atoms with Gasteiger partial charge in [-0.15, -0.1) is 11.8 Å². The third-order valence-electron chi connectivity index (χ3n) is 2.47. The normalized spacial score (nSPS) is 21.5. The molecule has 0 spiro atoms. The number of hydrogen-bond acceptors (Lipinski definition) is 4. The van der Waals surface area contributed by atoms with E-state index in [1.807, 2.05) is 6.07 Å². The molecule has 1 aliphatic heterocycles. The van der Waals surface area contributed by atoms with Crippen LogP contribution < -0.4 is 5.32 Å². The lowest BCUT2D eigenvalue weighted by molar-refractivity contribution is 0.410. The Bertz CT molecular complexity index is 315. The van der Waals surface area contributed by atoms with Gasteiger partial charge in [-0.05, 0) is 49.5 Å². The van der Waals surface area contributed by atoms with E-state index < -0.39 is 0 Å². The van der Waals surface area contributed by atoms with E-state index in [1.54, 1.807) is 18.0 Å². The topological polar surface area (TPSA) is 37.8 Å². The summed E-state index contributed by atoms with van der Waals surface area (Å²) in [6.07, 6.45) is 4.31. The van der Waals surface area contributed by atoms with Crippen LogP contribution in [0.15, 0.2) is 17.3 Å². The molecule has 0 saturated carbocycles. The second-order valence-electron chi connectivity index (χ2n) is 3.69. The summed E-state index contributed by atoms with van der Waals surface area (Å²) in [7, 11) is 0. The molecule has 0 unspecified atom stereocenters. The van der Waals surface area contributed by atoms with Gasteiger partial charge in [-0.2, -0.15) is 0 Å². The third-order valence-corrected chi connectivity index (χ3v) is 3.81. The van der Waals surface area contributed by atoms with E-state index in [0.29, 0.717) is 5.28 Å². The lowest BCUT2D eigenvalue weighted by Gasteiger charge is -2.21. The van der Waals surface area contributed by atoms with E-state index in [2.05, 4.69) is 15.3 Å². The van der Waals surface area contributed by atoms with Crippen LogP contribution in [0.2, 0.25) is 5.28 Å². The van der Waals surface area contributed by atoms with Crippen molar-refractivity contribution in [2.24, 2.45) is 5.92 Å². The molecule has 1 fully saturated rings. The summed E-state index contributed by atoms with van der Waals surface area (Å²) in [4.78, 5) is 8.02. The molecule has 1 atom stereocenters. The minimum Gasteiger partial charge on any atom is -0.316 e. The summed E-state index contributed by atoms with van der Waals surface area (Å²) in [6.45, 7) is 2.30. The first-order valence-electron chi connectivity index (χ1n) is 5.16. The standard InChI is InChI=1S/C10H14ClN3S/c11-10-13-5-3-9(14-10)15-7-8-2-1-4-12-6-8/h3,5,8,12H,1-2,4,6-7H2/t8-/m0/s1. The highest BCUT2D eigenvalue weighted by molar-refractivity contribution is 7.99. The van der Waals surface area contributed by atoms with Crippen molar-refractivity contribution in [3.05, 3.63) is 17.5 Å². The molecule has 1 aliphatic rings. The average molecular weight is 244 g/mol. The van der Waals surface area contributed by atoms with Crippen LogP contribution in [0.4, 0.5) is 0 Å². The van der Waals surface area contributed by atoms with Crippen molar-refractivity contribution in [2.75, 3.05) is 18.8 Å². The van der Waals surface area contributed by atoms with E-state index in [-0.39, 0.29) is 0 Å². The zero-order valence-corrected chi connectivity index (χ0v) is 10.0. The van der Waals surface area contributed by atoms with Crippen molar-refractivity contribution in [3.63, 3.8) is 0 Å². The molecule has 1 N–H and O–H groups in total. The number of nitrogens with one attached hydrogen (secondary N) is 1. The largest absolute Gasteiger partial charge is 0.316 e. The van der Waals surface area contributed by atoms with Crippen molar-refractivity contribution >= 4 is 23.4 Å². The quantitative estimate of drug-likeness (QED) is 0.502. The van der Waals surface area contributed by atoms with Crippen LogP contribution >= 0.6 is 23.4 Å². The van der Waals surface area contributed by atoms with Crippen LogP contribution in [-0.2, 0) is 0 Å². The predicted octanol–water partition coefficient (Wildman–Crippen LogP) is 2.22. The fourth-order valence-corrected chi connectivity index (χ4v) is 2.87. The fraction of sp³-hybridized carbons (Fsp3) is 0.600. The van der Waals surface area contributed by atoms with Gasteiger partial charge in [0.05, 0.1) is 0 Å². The lowest BCUT2D eigenvalue weighted by atomic mass is 10.0. The summed E-state index contributed by atoms with van der Waals surface area (Å²) >= 11 is 7.48. The van der Waals surface area contributed by atoms with Gasteiger partial charge in [0.25, 0.3) is 0 Å². The number of hydrogen-bond donors (Lipinski definition) is 1. The Morgan fingerprint density at radius 3 is 3.27 bits per heavy atom. The van der Waals surface area contributed by atoms with Crippen molar-refractivity contribution in [1.82, 2.24) is 15.3 Å². The van der Waals surface area contributed by atoms with Gasteiger partial charge in [0.1, 0.15) is 5.03 Å². The van der Waals surface area contributed by atoms with Crippen molar-refractivity contribution < 1.29 is 0 Å². The Morgan fingerprint density at radius 1 is 1.60 bits per heavy atom. The zero-order valence-electron chi connectivity index (χ0n) is 8.45. The summed E-state index contributed by atoms with van der Waals surface area (Å²) in [5.74, 6) is 1.87. The molecule has 15 heavy (non-hydrogen) atoms. The second kappa shape index (κ2) is 5.68. The Balaban J connectivity index is 1.81. The highest BCUT2D eigenvalue weighted by atomic mass is 35.5. The molecule has 3 nitrogen and oxygen atoms in total. The molecule has 0 aliphatic carbocycles. The molecule has 2 heterocycles. The van der Waals surface area contributed by atoms with Gasteiger partial charge in [0, 0.05) is 11.9 Å². The van der Waals surface area contributed by atoms with Gasteiger partial charge >= 0.3 is 0 Å². The molecule has 0 amide bonds. The molecular weight excluding hydrogens is 230 g/mol. The van der Waals surface area contributed by atoms with Gasteiger partial charge in [-0.3, -0.25) is 0 Å². The van der Waals surface area contributed by atoms with Crippen LogP contribution in [0.5, 0.6) is 0 Å². The molecule has 1 saturated heterocycles. The molecular formula is C10H14ClN3S. The summed E-state index contributed by atoms with van der Waals surface area (Å²) in [6, 6.07) is 1.91. The lowest BCUT2D eigenvalue weighted by Crippen LogP contribution is -2.30. The Kier molecular flexibility index (Phi) is 4.23. The predicted molar refractivity (Wildman–Crippen MR) is 63.4 cm³/mol.